The number of carbonyl (C=O) groups excluding carboxylic acids is 2. The summed E-state index contributed by atoms with van der Waals surface area (Å²) in [5.74, 6) is -1.08. The van der Waals surface area contributed by atoms with Gasteiger partial charge >= 0.3 is 5.97 Å². The molecule has 0 aliphatic heterocycles. The second kappa shape index (κ2) is 10.8. The Kier molecular flexibility index (Phi) is 8.66. The number of amides is 1. The minimum absolute atomic E-state index is 0.0294. The van der Waals surface area contributed by atoms with Gasteiger partial charge in [0.1, 0.15) is 4.90 Å². The fourth-order valence-corrected chi connectivity index (χ4v) is 4.82. The molecule has 0 radical (unpaired) electrons. The van der Waals surface area contributed by atoms with Gasteiger partial charge in [0, 0.05) is 20.1 Å². The fraction of sp³-hybridized carbons (Fsp3) is 0.300. The Bertz CT molecular complexity index is 979. The highest BCUT2D eigenvalue weighted by Gasteiger charge is 2.24. The lowest BCUT2D eigenvalue weighted by Crippen LogP contribution is -2.37. The van der Waals surface area contributed by atoms with Crippen LogP contribution in [0.25, 0.3) is 0 Å². The highest BCUT2D eigenvalue weighted by molar-refractivity contribution is 7.89. The maximum atomic E-state index is 12.4. The van der Waals surface area contributed by atoms with E-state index in [9.17, 15) is 18.0 Å². The van der Waals surface area contributed by atoms with Gasteiger partial charge in [-0.3, -0.25) is 9.59 Å². The maximum Gasteiger partial charge on any atom is 0.307 e. The molecule has 0 fully saturated rings. The summed E-state index contributed by atoms with van der Waals surface area (Å²) in [6.07, 6.45) is -1.26. The predicted octanol–water partition coefficient (Wildman–Crippen LogP) is 3.25. The number of esters is 1. The number of sulfonamides is 1. The molecule has 10 heteroatoms. The molecular formula is C20H22Cl2N2O5S. The second-order valence-electron chi connectivity index (χ2n) is 6.51. The first-order valence-corrected chi connectivity index (χ1v) is 11.3. The van der Waals surface area contributed by atoms with Crippen LogP contribution in [0.4, 0.5) is 0 Å². The molecule has 0 spiro atoms. The summed E-state index contributed by atoms with van der Waals surface area (Å²) < 4.78 is 32.1. The molecule has 2 aromatic carbocycles. The molecule has 0 aliphatic rings. The molecule has 0 aromatic heterocycles. The van der Waals surface area contributed by atoms with Crippen LogP contribution >= 0.6 is 23.2 Å². The quantitative estimate of drug-likeness (QED) is 0.565. The number of nitrogens with one attached hydrogen (secondary N) is 1. The average molecular weight is 473 g/mol. The lowest BCUT2D eigenvalue weighted by Gasteiger charge is -2.21. The molecule has 1 N–H and O–H groups in total. The van der Waals surface area contributed by atoms with E-state index >= 15 is 0 Å². The molecule has 0 saturated heterocycles. The van der Waals surface area contributed by atoms with Crippen LogP contribution in [0, 0.1) is 0 Å². The van der Waals surface area contributed by atoms with Gasteiger partial charge in [-0.25, -0.2) is 13.1 Å². The van der Waals surface area contributed by atoms with E-state index < -0.39 is 22.1 Å². The van der Waals surface area contributed by atoms with Crippen LogP contribution in [0.1, 0.15) is 18.9 Å². The molecule has 1 amide bonds. The van der Waals surface area contributed by atoms with Crippen molar-refractivity contribution in [1.82, 2.24) is 9.62 Å². The molecule has 0 heterocycles. The lowest BCUT2D eigenvalue weighted by molar-refractivity contribution is -0.158. The van der Waals surface area contributed by atoms with Crippen molar-refractivity contribution in [2.45, 2.75) is 30.9 Å². The number of halogens is 2. The fourth-order valence-electron chi connectivity index (χ4n) is 2.65. The van der Waals surface area contributed by atoms with Crippen molar-refractivity contribution in [3.05, 3.63) is 64.1 Å². The number of carbonyl (C=O) groups is 2. The van der Waals surface area contributed by atoms with Crippen molar-refractivity contribution < 1.29 is 22.7 Å². The summed E-state index contributed by atoms with van der Waals surface area (Å²) in [6, 6.07) is 13.7. The summed E-state index contributed by atoms with van der Waals surface area (Å²) in [6.45, 7) is 1.61. The number of benzene rings is 2. The van der Waals surface area contributed by atoms with Crippen LogP contribution in [0.3, 0.4) is 0 Å². The molecule has 0 aliphatic carbocycles. The zero-order valence-electron chi connectivity index (χ0n) is 16.5. The Hall–Kier alpha value is -2.13. The normalized spacial score (nSPS) is 12.3. The predicted molar refractivity (Wildman–Crippen MR) is 115 cm³/mol. The highest BCUT2D eigenvalue weighted by Crippen LogP contribution is 2.28. The standard InChI is InChI=1S/C20H22Cl2N2O5S/c1-14(20(26)24(2)13-15-7-4-3-5-8-15)29-18(25)11-12-23-30(27,28)19-16(21)9-6-10-17(19)22/h3-10,14,23H,11-13H2,1-2H3. The third-order valence-electron chi connectivity index (χ3n) is 4.10. The van der Waals surface area contributed by atoms with Crippen molar-refractivity contribution in [2.24, 2.45) is 0 Å². The summed E-state index contributed by atoms with van der Waals surface area (Å²) >= 11 is 11.8. The molecule has 2 rings (SSSR count). The zero-order chi connectivity index (χ0) is 22.3. The Morgan fingerprint density at radius 1 is 1.07 bits per heavy atom. The minimum Gasteiger partial charge on any atom is -0.452 e. The molecule has 1 unspecified atom stereocenters. The SMILES string of the molecule is CC(OC(=O)CCNS(=O)(=O)c1c(Cl)cccc1Cl)C(=O)N(C)Cc1ccccc1. The van der Waals surface area contributed by atoms with E-state index in [1.54, 1.807) is 7.05 Å². The van der Waals surface area contributed by atoms with Gasteiger partial charge in [-0.1, -0.05) is 59.6 Å². The maximum absolute atomic E-state index is 12.4. The number of rotatable bonds is 9. The van der Waals surface area contributed by atoms with Crippen LogP contribution in [0.5, 0.6) is 0 Å². The van der Waals surface area contributed by atoms with E-state index in [1.165, 1.54) is 30.0 Å². The van der Waals surface area contributed by atoms with Crippen molar-refractivity contribution in [1.29, 1.82) is 0 Å². The van der Waals surface area contributed by atoms with Crippen LogP contribution in [0.15, 0.2) is 53.4 Å². The summed E-state index contributed by atoms with van der Waals surface area (Å²) in [4.78, 5) is 25.6. The Morgan fingerprint density at radius 3 is 2.27 bits per heavy atom. The Balaban J connectivity index is 1.84. The van der Waals surface area contributed by atoms with E-state index in [0.717, 1.165) is 5.56 Å². The van der Waals surface area contributed by atoms with Gasteiger partial charge in [0.05, 0.1) is 16.5 Å². The van der Waals surface area contributed by atoms with Crippen LogP contribution in [-0.4, -0.2) is 44.9 Å². The molecule has 1 atom stereocenters. The molecule has 2 aromatic rings. The number of hydrogen-bond donors (Lipinski definition) is 1. The largest absolute Gasteiger partial charge is 0.452 e. The van der Waals surface area contributed by atoms with E-state index in [1.807, 2.05) is 30.3 Å². The van der Waals surface area contributed by atoms with E-state index in [4.69, 9.17) is 27.9 Å². The number of nitrogens with zero attached hydrogens (tertiary/aromatic N) is 1. The first-order chi connectivity index (χ1) is 14.1. The van der Waals surface area contributed by atoms with Gasteiger partial charge in [0.15, 0.2) is 6.10 Å². The highest BCUT2D eigenvalue weighted by atomic mass is 35.5. The first kappa shape index (κ1) is 24.1. The first-order valence-electron chi connectivity index (χ1n) is 9.04. The third kappa shape index (κ3) is 6.70. The molecule has 0 bridgehead atoms. The Labute approximate surface area is 186 Å². The molecule has 7 nitrogen and oxygen atoms in total. The van der Waals surface area contributed by atoms with E-state index in [-0.39, 0.29) is 33.8 Å². The van der Waals surface area contributed by atoms with Gasteiger partial charge in [-0.2, -0.15) is 0 Å². The van der Waals surface area contributed by atoms with E-state index in [0.29, 0.717) is 6.54 Å². The number of likely N-dealkylation sites (N-methyl/N-ethyl adjacent to an activating group) is 1. The van der Waals surface area contributed by atoms with E-state index in [2.05, 4.69) is 4.72 Å². The van der Waals surface area contributed by atoms with Gasteiger partial charge in [-0.05, 0) is 24.6 Å². The summed E-state index contributed by atoms with van der Waals surface area (Å²) in [5, 5.41) is -0.0588. The third-order valence-corrected chi connectivity index (χ3v) is 6.52. The van der Waals surface area contributed by atoms with Gasteiger partial charge < -0.3 is 9.64 Å². The Morgan fingerprint density at radius 2 is 1.67 bits per heavy atom. The van der Waals surface area contributed by atoms with Crippen LogP contribution < -0.4 is 4.72 Å². The second-order valence-corrected chi connectivity index (χ2v) is 9.03. The number of hydrogen-bond acceptors (Lipinski definition) is 5. The summed E-state index contributed by atoms with van der Waals surface area (Å²) in [5.41, 5.74) is 0.944. The molecular weight excluding hydrogens is 451 g/mol. The molecule has 0 saturated carbocycles. The topological polar surface area (TPSA) is 92.8 Å². The molecule has 162 valence electrons. The smallest absolute Gasteiger partial charge is 0.307 e. The number of ether oxygens (including phenoxy) is 1. The zero-order valence-corrected chi connectivity index (χ0v) is 18.8. The van der Waals surface area contributed by atoms with Gasteiger partial charge in [0.25, 0.3) is 5.91 Å². The molecule has 30 heavy (non-hydrogen) atoms. The van der Waals surface area contributed by atoms with Crippen LogP contribution in [-0.2, 0) is 30.9 Å². The summed E-state index contributed by atoms with van der Waals surface area (Å²) in [7, 11) is -2.39. The van der Waals surface area contributed by atoms with Crippen molar-refractivity contribution in [2.75, 3.05) is 13.6 Å². The van der Waals surface area contributed by atoms with Crippen molar-refractivity contribution >= 4 is 45.1 Å². The van der Waals surface area contributed by atoms with Crippen LogP contribution in [0.2, 0.25) is 10.0 Å². The average Bonchev–Trinajstić information content (AvgIpc) is 2.67. The minimum atomic E-state index is -4.01. The van der Waals surface area contributed by atoms with Gasteiger partial charge in [-0.15, -0.1) is 0 Å². The van der Waals surface area contributed by atoms with Gasteiger partial charge in [0.2, 0.25) is 10.0 Å². The van der Waals surface area contributed by atoms with Crippen molar-refractivity contribution in [3.63, 3.8) is 0 Å². The van der Waals surface area contributed by atoms with Crippen molar-refractivity contribution in [3.8, 4) is 0 Å². The lowest BCUT2D eigenvalue weighted by atomic mass is 10.2. The monoisotopic (exact) mass is 472 g/mol.